The van der Waals surface area contributed by atoms with E-state index in [-0.39, 0.29) is 33.9 Å². The highest BCUT2D eigenvalue weighted by Gasteiger charge is 2.26. The topological polar surface area (TPSA) is 93.7 Å². The number of halogens is 3. The molecule has 2 N–H and O–H groups in total. The SMILES string of the molecule is COc1ccc(S(=O)(=O)NC2CCOC2)cc1C(=O)Nc1c(F)cc(F)cc1Cl. The van der Waals surface area contributed by atoms with Crippen LogP contribution in [0.5, 0.6) is 5.75 Å². The molecular weight excluding hydrogens is 430 g/mol. The zero-order chi connectivity index (χ0) is 21.2. The fourth-order valence-corrected chi connectivity index (χ4v) is 4.31. The molecule has 1 aliphatic rings. The van der Waals surface area contributed by atoms with Gasteiger partial charge in [0, 0.05) is 18.7 Å². The Bertz CT molecular complexity index is 1020. The largest absolute Gasteiger partial charge is 0.496 e. The molecule has 1 amide bonds. The van der Waals surface area contributed by atoms with Crippen LogP contribution in [0.2, 0.25) is 5.02 Å². The number of rotatable bonds is 6. The summed E-state index contributed by atoms with van der Waals surface area (Å²) in [5.41, 5.74) is -0.604. The molecule has 2 aromatic rings. The first-order chi connectivity index (χ1) is 13.7. The first kappa shape index (κ1) is 21.4. The van der Waals surface area contributed by atoms with Crippen LogP contribution in [-0.4, -0.2) is 40.7 Å². The molecule has 0 aromatic heterocycles. The second-order valence-corrected chi connectivity index (χ2v) is 8.36. The van der Waals surface area contributed by atoms with Gasteiger partial charge in [0.2, 0.25) is 10.0 Å². The van der Waals surface area contributed by atoms with Gasteiger partial charge < -0.3 is 14.8 Å². The number of benzene rings is 2. The third-order valence-electron chi connectivity index (χ3n) is 4.22. The summed E-state index contributed by atoms with van der Waals surface area (Å²) in [6.45, 7) is 0.707. The van der Waals surface area contributed by atoms with Gasteiger partial charge in [0.05, 0.1) is 34.9 Å². The van der Waals surface area contributed by atoms with Crippen molar-refractivity contribution >= 4 is 33.2 Å². The number of carbonyl (C=O) groups is 1. The lowest BCUT2D eigenvalue weighted by molar-refractivity contribution is 0.102. The molecule has 0 radical (unpaired) electrons. The predicted molar refractivity (Wildman–Crippen MR) is 102 cm³/mol. The molecule has 2 aromatic carbocycles. The lowest BCUT2D eigenvalue weighted by atomic mass is 10.1. The number of hydrogen-bond donors (Lipinski definition) is 2. The molecule has 0 spiro atoms. The minimum Gasteiger partial charge on any atom is -0.496 e. The van der Waals surface area contributed by atoms with Crippen LogP contribution in [0.15, 0.2) is 35.2 Å². The molecule has 3 rings (SSSR count). The van der Waals surface area contributed by atoms with Crippen LogP contribution in [0.4, 0.5) is 14.5 Å². The van der Waals surface area contributed by atoms with Crippen molar-refractivity contribution in [1.29, 1.82) is 0 Å². The fraction of sp³-hybridized carbons (Fsp3) is 0.278. The minimum absolute atomic E-state index is 0.0595. The van der Waals surface area contributed by atoms with Crippen LogP contribution in [-0.2, 0) is 14.8 Å². The van der Waals surface area contributed by atoms with Gasteiger partial charge in [-0.2, -0.15) is 0 Å². The molecule has 1 aliphatic heterocycles. The Labute approximate surface area is 171 Å². The number of anilines is 1. The summed E-state index contributed by atoms with van der Waals surface area (Å²) >= 11 is 5.80. The normalized spacial score (nSPS) is 16.6. The molecule has 0 aliphatic carbocycles. The van der Waals surface area contributed by atoms with E-state index in [0.717, 1.165) is 12.1 Å². The Hall–Kier alpha value is -2.27. The quantitative estimate of drug-likeness (QED) is 0.711. The van der Waals surface area contributed by atoms with Gasteiger partial charge in [0.15, 0.2) is 5.82 Å². The van der Waals surface area contributed by atoms with Gasteiger partial charge in [-0.25, -0.2) is 21.9 Å². The summed E-state index contributed by atoms with van der Waals surface area (Å²) in [6, 6.07) is 4.71. The Morgan fingerprint density at radius 3 is 2.66 bits per heavy atom. The number of hydrogen-bond acceptors (Lipinski definition) is 5. The summed E-state index contributed by atoms with van der Waals surface area (Å²) in [5, 5.41) is 1.87. The van der Waals surface area contributed by atoms with E-state index in [0.29, 0.717) is 19.1 Å². The highest BCUT2D eigenvalue weighted by Crippen LogP contribution is 2.29. The molecule has 1 saturated heterocycles. The van der Waals surface area contributed by atoms with Crippen LogP contribution in [0.25, 0.3) is 0 Å². The monoisotopic (exact) mass is 446 g/mol. The van der Waals surface area contributed by atoms with Crippen molar-refractivity contribution in [3.05, 3.63) is 52.6 Å². The Morgan fingerprint density at radius 2 is 2.03 bits per heavy atom. The molecule has 7 nitrogen and oxygen atoms in total. The summed E-state index contributed by atoms with van der Waals surface area (Å²) in [7, 11) is -2.64. The second kappa shape index (κ2) is 8.62. The Morgan fingerprint density at radius 1 is 1.28 bits per heavy atom. The fourth-order valence-electron chi connectivity index (χ4n) is 2.79. The van der Waals surface area contributed by atoms with E-state index in [9.17, 15) is 22.0 Å². The van der Waals surface area contributed by atoms with Crippen molar-refractivity contribution in [2.24, 2.45) is 0 Å². The smallest absolute Gasteiger partial charge is 0.259 e. The lowest BCUT2D eigenvalue weighted by Crippen LogP contribution is -2.35. The van der Waals surface area contributed by atoms with E-state index in [1.165, 1.54) is 19.2 Å². The molecule has 1 unspecified atom stereocenters. The maximum Gasteiger partial charge on any atom is 0.259 e. The number of amides is 1. The summed E-state index contributed by atoms with van der Waals surface area (Å²) < 4.78 is 65.1. The van der Waals surface area contributed by atoms with Gasteiger partial charge in [-0.1, -0.05) is 11.6 Å². The first-order valence-electron chi connectivity index (χ1n) is 8.45. The minimum atomic E-state index is -3.93. The Kier molecular flexibility index (Phi) is 6.37. The highest BCUT2D eigenvalue weighted by molar-refractivity contribution is 7.89. The molecule has 0 bridgehead atoms. The standard InChI is InChI=1S/C18H17ClF2N2O5S/c1-27-16-3-2-12(29(25,26)23-11-4-5-28-9-11)8-13(16)18(24)22-17-14(19)6-10(20)7-15(17)21/h2-3,6-8,11,23H,4-5,9H2,1H3,(H,22,24). The summed E-state index contributed by atoms with van der Waals surface area (Å²) in [4.78, 5) is 12.5. The van der Waals surface area contributed by atoms with Crippen molar-refractivity contribution in [1.82, 2.24) is 4.72 Å². The Balaban J connectivity index is 1.92. The van der Waals surface area contributed by atoms with Crippen LogP contribution in [0.1, 0.15) is 16.8 Å². The molecule has 1 fully saturated rings. The van der Waals surface area contributed by atoms with Crippen molar-refractivity contribution in [2.75, 3.05) is 25.6 Å². The lowest BCUT2D eigenvalue weighted by Gasteiger charge is -2.15. The summed E-state index contributed by atoms with van der Waals surface area (Å²) in [6.07, 6.45) is 0.533. The van der Waals surface area contributed by atoms with Crippen molar-refractivity contribution in [3.8, 4) is 5.75 Å². The average Bonchev–Trinajstić information content (AvgIpc) is 3.16. The maximum absolute atomic E-state index is 14.0. The van der Waals surface area contributed by atoms with E-state index in [2.05, 4.69) is 10.0 Å². The van der Waals surface area contributed by atoms with Gasteiger partial charge in [-0.15, -0.1) is 0 Å². The van der Waals surface area contributed by atoms with Crippen molar-refractivity contribution < 1.29 is 31.5 Å². The van der Waals surface area contributed by atoms with Crippen molar-refractivity contribution in [2.45, 2.75) is 17.4 Å². The molecule has 1 atom stereocenters. The van der Waals surface area contributed by atoms with Crippen LogP contribution >= 0.6 is 11.6 Å². The third-order valence-corrected chi connectivity index (χ3v) is 6.04. The molecule has 0 saturated carbocycles. The molecule has 1 heterocycles. The van der Waals surface area contributed by atoms with E-state index >= 15 is 0 Å². The third kappa shape index (κ3) is 4.84. The molecular formula is C18H17ClF2N2O5S. The van der Waals surface area contributed by atoms with Gasteiger partial charge in [-0.3, -0.25) is 4.79 Å². The number of carbonyl (C=O) groups excluding carboxylic acids is 1. The van der Waals surface area contributed by atoms with E-state index < -0.39 is 33.3 Å². The highest BCUT2D eigenvalue weighted by atomic mass is 35.5. The number of sulfonamides is 1. The number of nitrogens with one attached hydrogen (secondary N) is 2. The van der Waals surface area contributed by atoms with Gasteiger partial charge in [-0.05, 0) is 30.7 Å². The first-order valence-corrected chi connectivity index (χ1v) is 10.3. The van der Waals surface area contributed by atoms with Gasteiger partial charge >= 0.3 is 0 Å². The van der Waals surface area contributed by atoms with E-state index in [1.807, 2.05) is 0 Å². The predicted octanol–water partition coefficient (Wildman–Crippen LogP) is 2.95. The zero-order valence-corrected chi connectivity index (χ0v) is 16.7. The maximum atomic E-state index is 14.0. The van der Waals surface area contributed by atoms with Gasteiger partial charge in [0.1, 0.15) is 11.6 Å². The summed E-state index contributed by atoms with van der Waals surface area (Å²) in [5.74, 6) is -2.80. The van der Waals surface area contributed by atoms with Crippen LogP contribution in [0.3, 0.4) is 0 Å². The zero-order valence-electron chi connectivity index (χ0n) is 15.2. The number of ether oxygens (including phenoxy) is 2. The van der Waals surface area contributed by atoms with Gasteiger partial charge in [0.25, 0.3) is 5.91 Å². The van der Waals surface area contributed by atoms with Crippen LogP contribution in [0, 0.1) is 11.6 Å². The number of methoxy groups -OCH3 is 1. The average molecular weight is 447 g/mol. The van der Waals surface area contributed by atoms with Crippen LogP contribution < -0.4 is 14.8 Å². The molecule has 156 valence electrons. The second-order valence-electron chi connectivity index (χ2n) is 6.24. The van der Waals surface area contributed by atoms with Crippen molar-refractivity contribution in [3.63, 3.8) is 0 Å². The molecule has 11 heteroatoms. The van der Waals surface area contributed by atoms with E-state index in [1.54, 1.807) is 0 Å². The van der Waals surface area contributed by atoms with E-state index in [4.69, 9.17) is 21.1 Å². The molecule has 29 heavy (non-hydrogen) atoms.